The molecule has 0 saturated carbocycles. The van der Waals surface area contributed by atoms with E-state index in [1.807, 2.05) is 72.8 Å². The first-order valence-electron chi connectivity index (χ1n) is 17.2. The fourth-order valence-corrected chi connectivity index (χ4v) is 11.5. The molecule has 1 aliphatic heterocycles. The first-order valence-corrected chi connectivity index (χ1v) is 19.2. The molecule has 258 valence electrons. The van der Waals surface area contributed by atoms with Crippen LogP contribution in [0.5, 0.6) is 5.75 Å². The van der Waals surface area contributed by atoms with Crippen LogP contribution in [-0.4, -0.2) is 50.9 Å². The summed E-state index contributed by atoms with van der Waals surface area (Å²) in [6.45, 7) is 10.9. The number of rotatable bonds is 14. The first kappa shape index (κ1) is 36.3. The van der Waals surface area contributed by atoms with E-state index in [0.717, 1.165) is 21.5 Å². The quantitative estimate of drug-likeness (QED) is 0.0851. The van der Waals surface area contributed by atoms with Gasteiger partial charge in [-0.3, -0.25) is 0 Å². The van der Waals surface area contributed by atoms with Crippen LogP contribution in [0.4, 0.5) is 0 Å². The summed E-state index contributed by atoms with van der Waals surface area (Å²) in [4.78, 5) is 13.7. The van der Waals surface area contributed by atoms with Gasteiger partial charge in [0, 0.05) is 6.42 Å². The van der Waals surface area contributed by atoms with Crippen LogP contribution in [0.25, 0.3) is 0 Å². The summed E-state index contributed by atoms with van der Waals surface area (Å²) in [5.74, 6) is 0.0541. The Kier molecular flexibility index (Phi) is 12.3. The molecule has 1 saturated heterocycles. The van der Waals surface area contributed by atoms with Crippen LogP contribution in [0, 0.1) is 0 Å². The topological polar surface area (TPSA) is 74.2 Å². The van der Waals surface area contributed by atoms with Crippen LogP contribution in [0.2, 0.25) is 5.04 Å². The monoisotopic (exact) mass is 678 g/mol. The van der Waals surface area contributed by atoms with Crippen LogP contribution >= 0.6 is 0 Å². The van der Waals surface area contributed by atoms with Gasteiger partial charge in [-0.25, -0.2) is 4.79 Å². The van der Waals surface area contributed by atoms with Gasteiger partial charge in [-0.2, -0.15) is 0 Å². The molecule has 1 fully saturated rings. The van der Waals surface area contributed by atoms with E-state index in [0.29, 0.717) is 50.0 Å². The molecule has 4 aromatic rings. The summed E-state index contributed by atoms with van der Waals surface area (Å²) in [5.41, 5.74) is 2.31. The van der Waals surface area contributed by atoms with E-state index in [2.05, 4.69) is 63.7 Å². The summed E-state index contributed by atoms with van der Waals surface area (Å²) in [6.07, 6.45) is 3.43. The van der Waals surface area contributed by atoms with Gasteiger partial charge in [-0.05, 0) is 58.3 Å². The van der Waals surface area contributed by atoms with Crippen molar-refractivity contribution >= 4 is 24.7 Å². The second kappa shape index (κ2) is 16.6. The van der Waals surface area contributed by atoms with Gasteiger partial charge in [0.05, 0.1) is 38.1 Å². The lowest BCUT2D eigenvalue weighted by Gasteiger charge is -2.43. The molecule has 0 amide bonds. The van der Waals surface area contributed by atoms with Gasteiger partial charge in [0.2, 0.25) is 0 Å². The van der Waals surface area contributed by atoms with Crippen LogP contribution in [0.1, 0.15) is 67.9 Å². The zero-order chi connectivity index (χ0) is 34.9. The Morgan fingerprint density at radius 3 is 2.06 bits per heavy atom. The minimum atomic E-state index is -3.04. The molecule has 4 atom stereocenters. The fourth-order valence-electron chi connectivity index (χ4n) is 7.09. The molecule has 7 heteroatoms. The lowest BCUT2D eigenvalue weighted by atomic mass is 9.92. The van der Waals surface area contributed by atoms with E-state index < -0.39 is 20.4 Å². The van der Waals surface area contributed by atoms with Crippen LogP contribution < -0.4 is 14.8 Å². The smallest absolute Gasteiger partial charge is 0.341 e. The maximum absolute atomic E-state index is 13.7. The molecule has 4 aromatic carbocycles. The van der Waals surface area contributed by atoms with Crippen LogP contribution in [0.15, 0.2) is 122 Å². The van der Waals surface area contributed by atoms with E-state index in [-0.39, 0.29) is 23.4 Å². The summed E-state index contributed by atoms with van der Waals surface area (Å²) in [7, 11) is -1.63. The maximum Gasteiger partial charge on any atom is 0.341 e. The molecule has 1 aliphatic rings. The van der Waals surface area contributed by atoms with Gasteiger partial charge in [0.25, 0.3) is 0 Å². The molecule has 6 nitrogen and oxygen atoms in total. The van der Waals surface area contributed by atoms with E-state index >= 15 is 0 Å². The second-order valence-electron chi connectivity index (χ2n) is 13.9. The predicted octanol–water partition coefficient (Wildman–Crippen LogP) is 7.41. The molecule has 0 bridgehead atoms. The Balaban J connectivity index is 1.51. The Hall–Kier alpha value is -4.01. The second-order valence-corrected chi connectivity index (χ2v) is 18.2. The minimum absolute atomic E-state index is 0.0713. The molecule has 0 aromatic heterocycles. The molecule has 0 aliphatic carbocycles. The maximum atomic E-state index is 13.7. The van der Waals surface area contributed by atoms with Crippen LogP contribution in [-0.2, 0) is 27.2 Å². The highest BCUT2D eigenvalue weighted by atomic mass is 28.4. The highest BCUT2D eigenvalue weighted by molar-refractivity contribution is 7.00. The molecule has 0 radical (unpaired) electrons. The van der Waals surface area contributed by atoms with Gasteiger partial charge < -0.3 is 23.7 Å². The van der Waals surface area contributed by atoms with Crippen molar-refractivity contribution in [2.45, 2.75) is 88.9 Å². The third kappa shape index (κ3) is 8.78. The van der Waals surface area contributed by atoms with Gasteiger partial charge in [0.15, 0.2) is 0 Å². The normalized spacial score (nSPS) is 18.8. The number of hydrogen-bond acceptors (Lipinski definition) is 6. The van der Waals surface area contributed by atoms with Gasteiger partial charge in [-0.1, -0.05) is 130 Å². The summed E-state index contributed by atoms with van der Waals surface area (Å²) < 4.78 is 25.9. The van der Waals surface area contributed by atoms with Crippen molar-refractivity contribution in [3.05, 3.63) is 139 Å². The highest BCUT2D eigenvalue weighted by Crippen LogP contribution is 2.40. The van der Waals surface area contributed by atoms with E-state index in [1.165, 1.54) is 7.11 Å². The van der Waals surface area contributed by atoms with Crippen molar-refractivity contribution in [1.29, 1.82) is 0 Å². The minimum Gasteiger partial charge on any atom is -0.533 e. The summed E-state index contributed by atoms with van der Waals surface area (Å²) >= 11 is 0. The summed E-state index contributed by atoms with van der Waals surface area (Å²) in [5, 5.41) is 12.6. The van der Waals surface area contributed by atoms with Crippen molar-refractivity contribution in [2.24, 2.45) is 0 Å². The van der Waals surface area contributed by atoms with E-state index in [9.17, 15) is 9.90 Å². The van der Waals surface area contributed by atoms with Crippen molar-refractivity contribution in [3.63, 3.8) is 0 Å². The molecule has 1 N–H and O–H groups in total. The van der Waals surface area contributed by atoms with Crippen molar-refractivity contribution in [1.82, 2.24) is 0 Å². The largest absolute Gasteiger partial charge is 0.533 e. The molecule has 1 heterocycles. The first-order chi connectivity index (χ1) is 23.6. The Bertz CT molecular complexity index is 1600. The van der Waals surface area contributed by atoms with E-state index in [1.54, 1.807) is 6.08 Å². The molecule has 49 heavy (non-hydrogen) atoms. The number of hydrogen-bond donors (Lipinski definition) is 1. The van der Waals surface area contributed by atoms with Crippen molar-refractivity contribution in [3.8, 4) is 5.75 Å². The average molecular weight is 679 g/mol. The van der Waals surface area contributed by atoms with Crippen molar-refractivity contribution in [2.75, 3.05) is 7.11 Å². The predicted molar refractivity (Wildman–Crippen MR) is 198 cm³/mol. The number of aliphatic hydroxyl groups excluding tert-OH is 1. The van der Waals surface area contributed by atoms with Gasteiger partial charge >= 0.3 is 14.3 Å². The zero-order valence-electron chi connectivity index (χ0n) is 29.2. The number of carbonyl (C=O) groups excluding carboxylic acids is 1. The Morgan fingerprint density at radius 1 is 0.898 bits per heavy atom. The standard InChI is InChI=1S/C42H50O6Si/c1-6-17-33(43)27-36-29-34(46-30-31-18-10-7-11-19-31)28-35(47-36)26-32-20-16-25-39(40(32)41(44)45-5)48-49(42(2,3)4,37-21-12-8-13-22-37)38-23-14-9-15-24-38/h6-16,18-25,33-36,43H,1,17,26-30H2,2-5H3/t33-,34+,35-,36-/m0/s1. The average Bonchev–Trinajstić information content (AvgIpc) is 3.10. The number of ether oxygens (including phenoxy) is 3. The molecular weight excluding hydrogens is 629 g/mol. The third-order valence-corrected chi connectivity index (χ3v) is 14.3. The van der Waals surface area contributed by atoms with Crippen molar-refractivity contribution < 1.29 is 28.5 Å². The van der Waals surface area contributed by atoms with Gasteiger partial charge in [-0.15, -0.1) is 6.58 Å². The SMILES string of the molecule is C=CC[C@H](O)C[C@H]1C[C@H](OCc2ccccc2)C[C@H](Cc2cccc(O[Si](c3ccccc3)(c3ccccc3)C(C)(C)C)c2C(=O)OC)O1. The fraction of sp³-hybridized carbons (Fsp3) is 0.357. The zero-order valence-corrected chi connectivity index (χ0v) is 30.2. The number of methoxy groups -OCH3 is 1. The number of aliphatic hydroxyl groups is 1. The Labute approximate surface area is 292 Å². The highest BCUT2D eigenvalue weighted by Gasteiger charge is 2.52. The number of carbonyl (C=O) groups is 1. The number of benzene rings is 4. The molecule has 0 spiro atoms. The molecule has 5 rings (SSSR count). The van der Waals surface area contributed by atoms with E-state index in [4.69, 9.17) is 18.6 Å². The van der Waals surface area contributed by atoms with Crippen LogP contribution in [0.3, 0.4) is 0 Å². The third-order valence-electron chi connectivity index (χ3n) is 9.37. The lowest BCUT2D eigenvalue weighted by Crippen LogP contribution is -2.69. The Morgan fingerprint density at radius 2 is 1.49 bits per heavy atom. The molecular formula is C42H50O6Si. The number of esters is 1. The lowest BCUT2D eigenvalue weighted by molar-refractivity contribution is -0.127. The molecule has 0 unspecified atom stereocenters. The summed E-state index contributed by atoms with van der Waals surface area (Å²) in [6, 6.07) is 36.7. The van der Waals surface area contributed by atoms with Gasteiger partial charge in [0.1, 0.15) is 11.3 Å².